The molecule has 2 aliphatic heterocycles. The molecular weight excluding hydrogens is 262 g/mol. The molecule has 0 radical (unpaired) electrons. The number of carbonyl (C=O) groups is 1. The van der Waals surface area contributed by atoms with Gasteiger partial charge in [-0.25, -0.2) is 4.79 Å². The van der Waals surface area contributed by atoms with Crippen molar-refractivity contribution in [3.63, 3.8) is 0 Å². The maximum Gasteiger partial charge on any atom is 0.410 e. The highest BCUT2D eigenvalue weighted by Crippen LogP contribution is 2.38. The molecule has 2 aliphatic rings. The summed E-state index contributed by atoms with van der Waals surface area (Å²) >= 11 is 0. The van der Waals surface area contributed by atoms with Gasteiger partial charge < -0.3 is 4.74 Å². The molecule has 1 fully saturated rings. The molecule has 2 aromatic carbocycles. The summed E-state index contributed by atoms with van der Waals surface area (Å²) < 4.78 is 5.29. The predicted octanol–water partition coefficient (Wildman–Crippen LogP) is 3.35. The highest BCUT2D eigenvalue weighted by atomic mass is 16.6. The number of carbonyl (C=O) groups excluding carboxylic acids is 1. The third-order valence-electron chi connectivity index (χ3n) is 4.48. The number of fused-ring (bicyclic) bond motifs is 2. The number of hydrogen-bond donors (Lipinski definition) is 0. The van der Waals surface area contributed by atoms with Crippen molar-refractivity contribution in [3.05, 3.63) is 71.3 Å². The maximum absolute atomic E-state index is 12.1. The number of hydrogen-bond acceptors (Lipinski definition) is 2. The molecule has 0 N–H and O–H groups in total. The van der Waals surface area contributed by atoms with Crippen molar-refractivity contribution < 1.29 is 9.53 Å². The average molecular weight is 279 g/mol. The van der Waals surface area contributed by atoms with E-state index in [4.69, 9.17) is 4.74 Å². The van der Waals surface area contributed by atoms with E-state index in [1.807, 2.05) is 23.1 Å². The molecule has 2 atom stereocenters. The van der Waals surface area contributed by atoms with Crippen LogP contribution in [0.2, 0.25) is 0 Å². The quantitative estimate of drug-likeness (QED) is 0.843. The van der Waals surface area contributed by atoms with Crippen molar-refractivity contribution in [1.29, 1.82) is 0 Å². The molecule has 3 heteroatoms. The van der Waals surface area contributed by atoms with Crippen LogP contribution in [-0.2, 0) is 17.6 Å². The van der Waals surface area contributed by atoms with Crippen LogP contribution in [0.15, 0.2) is 54.6 Å². The van der Waals surface area contributed by atoms with Crippen LogP contribution >= 0.6 is 0 Å². The first-order valence-corrected chi connectivity index (χ1v) is 7.40. The SMILES string of the molecule is O=C1OCC2Cc3ccccc3C(Cc3ccccc3)N12. The molecule has 0 aliphatic carbocycles. The Balaban J connectivity index is 1.75. The molecule has 0 aromatic heterocycles. The zero-order chi connectivity index (χ0) is 14.2. The Morgan fingerprint density at radius 2 is 1.81 bits per heavy atom. The number of amides is 1. The van der Waals surface area contributed by atoms with Crippen LogP contribution in [-0.4, -0.2) is 23.6 Å². The minimum Gasteiger partial charge on any atom is -0.447 e. The van der Waals surface area contributed by atoms with Crippen molar-refractivity contribution in [3.8, 4) is 0 Å². The van der Waals surface area contributed by atoms with Crippen LogP contribution in [0.25, 0.3) is 0 Å². The monoisotopic (exact) mass is 279 g/mol. The van der Waals surface area contributed by atoms with Gasteiger partial charge in [-0.3, -0.25) is 4.90 Å². The van der Waals surface area contributed by atoms with Gasteiger partial charge in [0.2, 0.25) is 0 Å². The van der Waals surface area contributed by atoms with Gasteiger partial charge in [-0.2, -0.15) is 0 Å². The second-order valence-corrected chi connectivity index (χ2v) is 5.75. The fourth-order valence-corrected chi connectivity index (χ4v) is 3.50. The van der Waals surface area contributed by atoms with Gasteiger partial charge in [0.15, 0.2) is 0 Å². The molecule has 3 nitrogen and oxygen atoms in total. The summed E-state index contributed by atoms with van der Waals surface area (Å²) in [5.74, 6) is 0. The van der Waals surface area contributed by atoms with Crippen molar-refractivity contribution in [2.24, 2.45) is 0 Å². The van der Waals surface area contributed by atoms with Gasteiger partial charge in [-0.15, -0.1) is 0 Å². The Morgan fingerprint density at radius 1 is 1.05 bits per heavy atom. The highest BCUT2D eigenvalue weighted by Gasteiger charge is 2.42. The molecule has 2 aromatic rings. The zero-order valence-corrected chi connectivity index (χ0v) is 11.7. The van der Waals surface area contributed by atoms with E-state index >= 15 is 0 Å². The van der Waals surface area contributed by atoms with Gasteiger partial charge >= 0.3 is 6.09 Å². The van der Waals surface area contributed by atoms with Gasteiger partial charge in [0, 0.05) is 0 Å². The molecule has 1 saturated heterocycles. The van der Waals surface area contributed by atoms with Crippen LogP contribution in [0.3, 0.4) is 0 Å². The first-order chi connectivity index (χ1) is 10.3. The predicted molar refractivity (Wildman–Crippen MR) is 80.0 cm³/mol. The Hall–Kier alpha value is -2.29. The largest absolute Gasteiger partial charge is 0.447 e. The Bertz CT molecular complexity index is 668. The van der Waals surface area contributed by atoms with E-state index in [1.165, 1.54) is 16.7 Å². The summed E-state index contributed by atoms with van der Waals surface area (Å²) in [5, 5.41) is 0. The van der Waals surface area contributed by atoms with Gasteiger partial charge in [0.1, 0.15) is 6.61 Å². The average Bonchev–Trinajstić information content (AvgIpc) is 2.89. The van der Waals surface area contributed by atoms with E-state index in [0.29, 0.717) is 6.61 Å². The third kappa shape index (κ3) is 2.09. The van der Waals surface area contributed by atoms with Gasteiger partial charge in [0.05, 0.1) is 12.1 Å². The van der Waals surface area contributed by atoms with Crippen LogP contribution in [0, 0.1) is 0 Å². The minimum absolute atomic E-state index is 0.0809. The molecule has 2 unspecified atom stereocenters. The van der Waals surface area contributed by atoms with Crippen molar-refractivity contribution in [2.45, 2.75) is 24.9 Å². The summed E-state index contributed by atoms with van der Waals surface area (Å²) in [6.07, 6.45) is 1.56. The van der Waals surface area contributed by atoms with E-state index < -0.39 is 0 Å². The molecule has 4 rings (SSSR count). The van der Waals surface area contributed by atoms with E-state index in [-0.39, 0.29) is 18.2 Å². The van der Waals surface area contributed by atoms with Gasteiger partial charge in [-0.1, -0.05) is 54.6 Å². The second kappa shape index (κ2) is 4.92. The number of rotatable bonds is 2. The number of cyclic esters (lactones) is 1. The fraction of sp³-hybridized carbons (Fsp3) is 0.278. The lowest BCUT2D eigenvalue weighted by molar-refractivity contribution is 0.140. The smallest absolute Gasteiger partial charge is 0.410 e. The summed E-state index contributed by atoms with van der Waals surface area (Å²) in [7, 11) is 0. The summed E-state index contributed by atoms with van der Waals surface area (Å²) in [4.78, 5) is 14.1. The summed E-state index contributed by atoms with van der Waals surface area (Å²) in [6, 6.07) is 19.1. The highest BCUT2D eigenvalue weighted by molar-refractivity contribution is 5.72. The van der Waals surface area contributed by atoms with E-state index in [1.54, 1.807) is 0 Å². The third-order valence-corrected chi connectivity index (χ3v) is 4.48. The molecule has 0 spiro atoms. The lowest BCUT2D eigenvalue weighted by Gasteiger charge is -2.37. The molecule has 106 valence electrons. The molecule has 0 bridgehead atoms. The van der Waals surface area contributed by atoms with E-state index in [9.17, 15) is 4.79 Å². The second-order valence-electron chi connectivity index (χ2n) is 5.75. The van der Waals surface area contributed by atoms with Crippen molar-refractivity contribution >= 4 is 6.09 Å². The first-order valence-electron chi connectivity index (χ1n) is 7.40. The van der Waals surface area contributed by atoms with Crippen LogP contribution in [0.1, 0.15) is 22.7 Å². The lowest BCUT2D eigenvalue weighted by atomic mass is 9.86. The van der Waals surface area contributed by atoms with Crippen molar-refractivity contribution in [1.82, 2.24) is 4.90 Å². The maximum atomic E-state index is 12.1. The van der Waals surface area contributed by atoms with Crippen molar-refractivity contribution in [2.75, 3.05) is 6.61 Å². The normalized spacial score (nSPS) is 23.4. The van der Waals surface area contributed by atoms with Crippen LogP contribution in [0.4, 0.5) is 4.79 Å². The fourth-order valence-electron chi connectivity index (χ4n) is 3.50. The molecular formula is C18H17NO2. The van der Waals surface area contributed by atoms with Gasteiger partial charge in [0.25, 0.3) is 0 Å². The number of benzene rings is 2. The summed E-state index contributed by atoms with van der Waals surface area (Å²) in [5.41, 5.74) is 3.85. The standard InChI is InChI=1S/C18H17NO2/c20-18-19-15(12-21-18)11-14-8-4-5-9-16(14)17(19)10-13-6-2-1-3-7-13/h1-9,15,17H,10-12H2. The Kier molecular flexibility index (Phi) is 2.92. The minimum atomic E-state index is -0.171. The number of nitrogens with zero attached hydrogens (tertiary/aromatic N) is 1. The zero-order valence-electron chi connectivity index (χ0n) is 11.7. The lowest BCUT2D eigenvalue weighted by Crippen LogP contribution is -2.43. The van der Waals surface area contributed by atoms with Gasteiger partial charge in [-0.05, 0) is 29.5 Å². The van der Waals surface area contributed by atoms with Crippen LogP contribution < -0.4 is 0 Å². The Morgan fingerprint density at radius 3 is 2.67 bits per heavy atom. The summed E-state index contributed by atoms with van der Waals surface area (Å²) in [6.45, 7) is 0.512. The molecule has 2 heterocycles. The van der Waals surface area contributed by atoms with Crippen LogP contribution in [0.5, 0.6) is 0 Å². The molecule has 0 saturated carbocycles. The first kappa shape index (κ1) is 12.5. The Labute approximate surface area is 124 Å². The topological polar surface area (TPSA) is 29.5 Å². The number of ether oxygens (including phenoxy) is 1. The molecule has 21 heavy (non-hydrogen) atoms. The van der Waals surface area contributed by atoms with E-state index in [0.717, 1.165) is 12.8 Å². The molecule has 1 amide bonds. The van der Waals surface area contributed by atoms with E-state index in [2.05, 4.69) is 36.4 Å².